The largest absolute Gasteiger partial charge is 0.463 e. The Morgan fingerprint density at radius 3 is 2.64 bits per heavy atom. The molecule has 22 heavy (non-hydrogen) atoms. The lowest BCUT2D eigenvalue weighted by Gasteiger charge is -2.10. The first-order valence-electron chi connectivity index (χ1n) is 6.79. The highest BCUT2D eigenvalue weighted by Crippen LogP contribution is 2.33. The van der Waals surface area contributed by atoms with E-state index in [0.29, 0.717) is 23.6 Å². The summed E-state index contributed by atoms with van der Waals surface area (Å²) in [5, 5.41) is 9.42. The molecule has 0 saturated heterocycles. The van der Waals surface area contributed by atoms with Crippen molar-refractivity contribution >= 4 is 0 Å². The summed E-state index contributed by atoms with van der Waals surface area (Å²) in [5.41, 5.74) is 2.86. The van der Waals surface area contributed by atoms with Crippen LogP contribution in [0.25, 0.3) is 22.7 Å². The summed E-state index contributed by atoms with van der Waals surface area (Å²) in [6.07, 6.45) is 3.32. The van der Waals surface area contributed by atoms with Crippen LogP contribution in [0.1, 0.15) is 5.56 Å². The highest BCUT2D eigenvalue weighted by atomic mass is 19.1. The molecule has 0 aliphatic rings. The van der Waals surface area contributed by atoms with Gasteiger partial charge in [-0.2, -0.15) is 5.26 Å². The van der Waals surface area contributed by atoms with E-state index in [4.69, 9.17) is 4.42 Å². The zero-order valence-electron chi connectivity index (χ0n) is 11.8. The van der Waals surface area contributed by atoms with E-state index in [-0.39, 0.29) is 5.82 Å². The number of nitrogens with zero attached hydrogens (tertiary/aromatic N) is 2. The van der Waals surface area contributed by atoms with E-state index in [0.717, 1.165) is 11.3 Å². The second-order valence-electron chi connectivity index (χ2n) is 4.79. The van der Waals surface area contributed by atoms with Crippen LogP contribution in [0.3, 0.4) is 0 Å². The van der Waals surface area contributed by atoms with Crippen LogP contribution in [-0.4, -0.2) is 4.57 Å². The number of aromatic nitrogens is 1. The van der Waals surface area contributed by atoms with E-state index >= 15 is 0 Å². The number of hydrogen-bond acceptors (Lipinski definition) is 2. The molecule has 0 N–H and O–H groups in total. The second-order valence-corrected chi connectivity index (χ2v) is 4.79. The summed E-state index contributed by atoms with van der Waals surface area (Å²) in [7, 11) is 0. The molecule has 0 amide bonds. The fraction of sp³-hybridized carbons (Fsp3) is 0.0556. The molecule has 3 aromatic rings. The molecule has 0 radical (unpaired) electrons. The van der Waals surface area contributed by atoms with Crippen molar-refractivity contribution in [3.63, 3.8) is 0 Å². The van der Waals surface area contributed by atoms with Crippen molar-refractivity contribution in [3.8, 4) is 28.8 Å². The number of furan rings is 1. The highest BCUT2D eigenvalue weighted by Gasteiger charge is 2.19. The number of rotatable bonds is 4. The molecule has 1 aromatic carbocycles. The van der Waals surface area contributed by atoms with Crippen LogP contribution in [0.5, 0.6) is 0 Å². The van der Waals surface area contributed by atoms with E-state index in [2.05, 4.69) is 12.6 Å². The maximum absolute atomic E-state index is 13.1. The Bertz CT molecular complexity index is 837. The molecule has 0 fully saturated rings. The van der Waals surface area contributed by atoms with E-state index in [1.165, 1.54) is 12.1 Å². The minimum atomic E-state index is -0.294. The summed E-state index contributed by atoms with van der Waals surface area (Å²) >= 11 is 0. The maximum atomic E-state index is 13.1. The van der Waals surface area contributed by atoms with Gasteiger partial charge in [0.25, 0.3) is 0 Å². The summed E-state index contributed by atoms with van der Waals surface area (Å²) in [5.74, 6) is 0.323. The van der Waals surface area contributed by atoms with Crippen molar-refractivity contribution < 1.29 is 8.81 Å². The van der Waals surface area contributed by atoms with Crippen LogP contribution in [0, 0.1) is 17.1 Å². The Hall–Kier alpha value is -3.06. The molecule has 3 rings (SSSR count). The van der Waals surface area contributed by atoms with Gasteiger partial charge in [0, 0.05) is 6.54 Å². The molecule has 0 saturated carbocycles. The van der Waals surface area contributed by atoms with Crippen LogP contribution >= 0.6 is 0 Å². The lowest BCUT2D eigenvalue weighted by molar-refractivity contribution is 0.575. The molecular formula is C18H13FN2O. The van der Waals surface area contributed by atoms with Crippen LogP contribution in [0.15, 0.2) is 65.8 Å². The summed E-state index contributed by atoms with van der Waals surface area (Å²) in [6, 6.07) is 13.8. The number of allylic oxidation sites excluding steroid dienone is 1. The average Bonchev–Trinajstić information content (AvgIpc) is 3.15. The highest BCUT2D eigenvalue weighted by molar-refractivity contribution is 5.73. The van der Waals surface area contributed by atoms with Crippen molar-refractivity contribution in [2.45, 2.75) is 6.54 Å². The van der Waals surface area contributed by atoms with Gasteiger partial charge in [0.1, 0.15) is 17.6 Å². The fourth-order valence-electron chi connectivity index (χ4n) is 2.49. The number of benzene rings is 1. The van der Waals surface area contributed by atoms with Gasteiger partial charge in [-0.1, -0.05) is 6.08 Å². The molecule has 0 aliphatic carbocycles. The van der Waals surface area contributed by atoms with E-state index in [1.807, 2.05) is 10.6 Å². The summed E-state index contributed by atoms with van der Waals surface area (Å²) in [4.78, 5) is 0. The third-order valence-corrected chi connectivity index (χ3v) is 3.42. The van der Waals surface area contributed by atoms with Gasteiger partial charge in [-0.25, -0.2) is 4.39 Å². The molecule has 0 unspecified atom stereocenters. The molecule has 0 aliphatic heterocycles. The van der Waals surface area contributed by atoms with Gasteiger partial charge >= 0.3 is 0 Å². The zero-order valence-corrected chi connectivity index (χ0v) is 11.8. The molecule has 108 valence electrons. The Morgan fingerprint density at radius 2 is 2.05 bits per heavy atom. The monoisotopic (exact) mass is 292 g/mol. The molecule has 2 aromatic heterocycles. The molecule has 2 heterocycles. The van der Waals surface area contributed by atoms with Gasteiger partial charge in [0.05, 0.1) is 17.5 Å². The van der Waals surface area contributed by atoms with Crippen molar-refractivity contribution in [1.29, 1.82) is 5.26 Å². The molecule has 3 nitrogen and oxygen atoms in total. The fourth-order valence-corrected chi connectivity index (χ4v) is 2.49. The van der Waals surface area contributed by atoms with Crippen molar-refractivity contribution in [1.82, 2.24) is 4.57 Å². The molecule has 4 heteroatoms. The van der Waals surface area contributed by atoms with Crippen LogP contribution in [0.2, 0.25) is 0 Å². The van der Waals surface area contributed by atoms with Crippen LogP contribution < -0.4 is 0 Å². The standard InChI is InChI=1S/C18H13FN2O/c1-2-9-21-16(13-5-7-15(19)8-6-13)11-14(12-20)18(21)17-4-3-10-22-17/h2-8,10-11H,1,9H2. The smallest absolute Gasteiger partial charge is 0.151 e. The third-order valence-electron chi connectivity index (χ3n) is 3.42. The second kappa shape index (κ2) is 5.74. The first-order valence-corrected chi connectivity index (χ1v) is 6.79. The van der Waals surface area contributed by atoms with Gasteiger partial charge in [-0.3, -0.25) is 0 Å². The van der Waals surface area contributed by atoms with Gasteiger partial charge in [-0.05, 0) is 48.0 Å². The van der Waals surface area contributed by atoms with Crippen molar-refractivity contribution in [2.24, 2.45) is 0 Å². The minimum absolute atomic E-state index is 0.294. The average molecular weight is 292 g/mol. The zero-order chi connectivity index (χ0) is 15.5. The Morgan fingerprint density at radius 1 is 1.27 bits per heavy atom. The van der Waals surface area contributed by atoms with Crippen LogP contribution in [0.4, 0.5) is 4.39 Å². The quantitative estimate of drug-likeness (QED) is 0.659. The maximum Gasteiger partial charge on any atom is 0.151 e. The van der Waals surface area contributed by atoms with Gasteiger partial charge in [0.2, 0.25) is 0 Å². The number of halogens is 1. The van der Waals surface area contributed by atoms with Crippen LogP contribution in [-0.2, 0) is 6.54 Å². The lowest BCUT2D eigenvalue weighted by Crippen LogP contribution is -2.00. The number of nitriles is 1. The Balaban J connectivity index is 2.25. The molecule has 0 spiro atoms. The van der Waals surface area contributed by atoms with Crippen molar-refractivity contribution in [2.75, 3.05) is 0 Å². The third kappa shape index (κ3) is 2.33. The predicted molar refractivity (Wildman–Crippen MR) is 82.4 cm³/mol. The molecule has 0 atom stereocenters. The topological polar surface area (TPSA) is 41.9 Å². The van der Waals surface area contributed by atoms with Gasteiger partial charge in [-0.15, -0.1) is 6.58 Å². The van der Waals surface area contributed by atoms with Gasteiger partial charge < -0.3 is 8.98 Å². The molecule has 0 bridgehead atoms. The lowest BCUT2D eigenvalue weighted by atomic mass is 10.1. The van der Waals surface area contributed by atoms with E-state index in [1.54, 1.807) is 36.6 Å². The summed E-state index contributed by atoms with van der Waals surface area (Å²) in [6.45, 7) is 4.29. The first kappa shape index (κ1) is 13.9. The van der Waals surface area contributed by atoms with Crippen molar-refractivity contribution in [3.05, 3.63) is 72.8 Å². The van der Waals surface area contributed by atoms with Gasteiger partial charge in [0.15, 0.2) is 5.76 Å². The van der Waals surface area contributed by atoms with E-state index in [9.17, 15) is 9.65 Å². The van der Waals surface area contributed by atoms with E-state index < -0.39 is 0 Å². The predicted octanol–water partition coefficient (Wildman–Crippen LogP) is 4.61. The Labute approximate surface area is 127 Å². The molecular weight excluding hydrogens is 279 g/mol. The first-order chi connectivity index (χ1) is 10.7. The normalized spacial score (nSPS) is 10.4. The minimum Gasteiger partial charge on any atom is -0.463 e. The summed E-state index contributed by atoms with van der Waals surface area (Å²) < 4.78 is 20.5. The SMILES string of the molecule is C=CCn1c(-c2ccc(F)cc2)cc(C#N)c1-c1ccco1. The number of hydrogen-bond donors (Lipinski definition) is 0. The Kier molecular flexibility index (Phi) is 3.63.